The zero-order valence-corrected chi connectivity index (χ0v) is 10.9. The Kier molecular flexibility index (Phi) is 3.63. The first-order valence-electron chi connectivity index (χ1n) is 5.12. The Morgan fingerprint density at radius 1 is 1.50 bits per heavy atom. The van der Waals surface area contributed by atoms with Gasteiger partial charge in [0.15, 0.2) is 0 Å². The molecular formula is C10H14N4S2. The summed E-state index contributed by atoms with van der Waals surface area (Å²) >= 11 is 3.42. The third-order valence-corrected chi connectivity index (χ3v) is 4.19. The van der Waals surface area contributed by atoms with Gasteiger partial charge in [-0.1, -0.05) is 6.92 Å². The molecule has 86 valence electrons. The Bertz CT molecular complexity index is 495. The van der Waals surface area contributed by atoms with Gasteiger partial charge in [-0.3, -0.25) is 5.43 Å². The van der Waals surface area contributed by atoms with Crippen molar-refractivity contribution in [3.05, 3.63) is 10.9 Å². The first kappa shape index (κ1) is 11.6. The molecule has 0 spiro atoms. The van der Waals surface area contributed by atoms with Gasteiger partial charge < -0.3 is 0 Å². The molecule has 0 atom stereocenters. The van der Waals surface area contributed by atoms with Crippen LogP contribution in [0.4, 0.5) is 5.95 Å². The van der Waals surface area contributed by atoms with Crippen LogP contribution in [0.5, 0.6) is 0 Å². The van der Waals surface area contributed by atoms with Crippen molar-refractivity contribution in [1.82, 2.24) is 9.97 Å². The van der Waals surface area contributed by atoms with Gasteiger partial charge in [0, 0.05) is 10.3 Å². The second-order valence-corrected chi connectivity index (χ2v) is 5.74. The number of hydrogen-bond donors (Lipinski definition) is 2. The predicted octanol–water partition coefficient (Wildman–Crippen LogP) is 2.79. The minimum atomic E-state index is 0.493. The molecule has 0 fully saturated rings. The van der Waals surface area contributed by atoms with Gasteiger partial charge in [0.1, 0.15) is 9.86 Å². The molecule has 0 unspecified atom stereocenters. The van der Waals surface area contributed by atoms with E-state index in [4.69, 9.17) is 5.84 Å². The van der Waals surface area contributed by atoms with Gasteiger partial charge in [-0.05, 0) is 25.2 Å². The quantitative estimate of drug-likeness (QED) is 0.380. The molecule has 0 aliphatic heterocycles. The minimum Gasteiger partial charge on any atom is -0.292 e. The summed E-state index contributed by atoms with van der Waals surface area (Å²) in [5, 5.41) is 2.16. The molecule has 4 nitrogen and oxygen atoms in total. The number of hydrogen-bond acceptors (Lipinski definition) is 6. The number of rotatable bonds is 4. The van der Waals surface area contributed by atoms with Crippen LogP contribution in [0.2, 0.25) is 0 Å². The zero-order valence-electron chi connectivity index (χ0n) is 9.28. The maximum absolute atomic E-state index is 5.37. The molecule has 0 amide bonds. The standard InChI is InChI=1S/C10H14N4S2/c1-3-4-15-8-7-5-6(2)16-9(7)13-10(12-8)14-11/h5H,3-4,11H2,1-2H3,(H,12,13,14). The van der Waals surface area contributed by atoms with E-state index in [0.717, 1.165) is 27.4 Å². The molecule has 16 heavy (non-hydrogen) atoms. The Hall–Kier alpha value is -0.850. The third kappa shape index (κ3) is 2.28. The summed E-state index contributed by atoms with van der Waals surface area (Å²) in [6.45, 7) is 4.24. The van der Waals surface area contributed by atoms with E-state index in [0.29, 0.717) is 5.95 Å². The van der Waals surface area contributed by atoms with Crippen molar-refractivity contribution in [2.75, 3.05) is 11.2 Å². The van der Waals surface area contributed by atoms with Crippen LogP contribution >= 0.6 is 23.1 Å². The van der Waals surface area contributed by atoms with E-state index >= 15 is 0 Å². The summed E-state index contributed by atoms with van der Waals surface area (Å²) < 4.78 is 0. The molecule has 2 heterocycles. The van der Waals surface area contributed by atoms with Crippen LogP contribution in [0.25, 0.3) is 10.2 Å². The molecule has 0 saturated carbocycles. The Balaban J connectivity index is 2.49. The van der Waals surface area contributed by atoms with Crippen molar-refractivity contribution in [2.24, 2.45) is 5.84 Å². The van der Waals surface area contributed by atoms with E-state index in [1.54, 1.807) is 23.1 Å². The maximum Gasteiger partial charge on any atom is 0.239 e. The average Bonchev–Trinajstić information content (AvgIpc) is 2.65. The highest BCUT2D eigenvalue weighted by Crippen LogP contribution is 2.32. The van der Waals surface area contributed by atoms with Crippen LogP contribution in [0.15, 0.2) is 11.1 Å². The molecule has 6 heteroatoms. The smallest absolute Gasteiger partial charge is 0.239 e. The predicted molar refractivity (Wildman–Crippen MR) is 71.0 cm³/mol. The monoisotopic (exact) mass is 254 g/mol. The SMILES string of the molecule is CCCSc1nc(NN)nc2sc(C)cc12. The number of thioether (sulfide) groups is 1. The maximum atomic E-state index is 5.37. The van der Waals surface area contributed by atoms with E-state index in [2.05, 4.69) is 35.3 Å². The van der Waals surface area contributed by atoms with Crippen LogP contribution < -0.4 is 11.3 Å². The fourth-order valence-electron chi connectivity index (χ4n) is 1.39. The van der Waals surface area contributed by atoms with E-state index in [1.165, 1.54) is 4.88 Å². The van der Waals surface area contributed by atoms with Crippen molar-refractivity contribution in [3.8, 4) is 0 Å². The molecule has 0 aliphatic carbocycles. The number of aromatic nitrogens is 2. The van der Waals surface area contributed by atoms with E-state index in [-0.39, 0.29) is 0 Å². The lowest BCUT2D eigenvalue weighted by molar-refractivity contribution is 1.06. The fraction of sp³-hybridized carbons (Fsp3) is 0.400. The van der Waals surface area contributed by atoms with Crippen LogP contribution in [-0.4, -0.2) is 15.7 Å². The number of nitrogens with zero attached hydrogens (tertiary/aromatic N) is 2. The number of hydrazine groups is 1. The molecule has 0 bridgehead atoms. The van der Waals surface area contributed by atoms with E-state index in [1.807, 2.05) is 0 Å². The number of nitrogens with one attached hydrogen (secondary N) is 1. The average molecular weight is 254 g/mol. The van der Waals surface area contributed by atoms with Gasteiger partial charge in [-0.2, -0.15) is 0 Å². The van der Waals surface area contributed by atoms with Crippen molar-refractivity contribution < 1.29 is 0 Å². The first-order chi connectivity index (χ1) is 7.74. The number of nitrogens with two attached hydrogens (primary N) is 1. The van der Waals surface area contributed by atoms with Crippen LogP contribution in [0.1, 0.15) is 18.2 Å². The van der Waals surface area contributed by atoms with Crippen molar-refractivity contribution in [3.63, 3.8) is 0 Å². The summed E-state index contributed by atoms with van der Waals surface area (Å²) in [6, 6.07) is 2.14. The van der Waals surface area contributed by atoms with Gasteiger partial charge >= 0.3 is 0 Å². The summed E-state index contributed by atoms with van der Waals surface area (Å²) in [7, 11) is 0. The molecule has 0 aliphatic rings. The molecular weight excluding hydrogens is 240 g/mol. The Morgan fingerprint density at radius 3 is 3.00 bits per heavy atom. The number of fused-ring (bicyclic) bond motifs is 1. The molecule has 3 N–H and O–H groups in total. The number of aryl methyl sites for hydroxylation is 1. The van der Waals surface area contributed by atoms with Gasteiger partial charge in [0.25, 0.3) is 0 Å². The van der Waals surface area contributed by atoms with Crippen molar-refractivity contribution in [1.29, 1.82) is 0 Å². The Morgan fingerprint density at radius 2 is 2.31 bits per heavy atom. The highest BCUT2D eigenvalue weighted by molar-refractivity contribution is 7.99. The fourth-order valence-corrected chi connectivity index (χ4v) is 3.19. The van der Waals surface area contributed by atoms with E-state index < -0.39 is 0 Å². The lowest BCUT2D eigenvalue weighted by Crippen LogP contribution is -2.10. The first-order valence-corrected chi connectivity index (χ1v) is 6.92. The number of thiophene rings is 1. The van der Waals surface area contributed by atoms with Gasteiger partial charge in [-0.25, -0.2) is 15.8 Å². The van der Waals surface area contributed by atoms with E-state index in [9.17, 15) is 0 Å². The molecule has 2 rings (SSSR count). The highest BCUT2D eigenvalue weighted by atomic mass is 32.2. The second kappa shape index (κ2) is 4.99. The summed E-state index contributed by atoms with van der Waals surface area (Å²) in [5.41, 5.74) is 2.52. The topological polar surface area (TPSA) is 63.8 Å². The van der Waals surface area contributed by atoms with Gasteiger partial charge in [-0.15, -0.1) is 23.1 Å². The van der Waals surface area contributed by atoms with Crippen LogP contribution in [0, 0.1) is 6.92 Å². The van der Waals surface area contributed by atoms with Crippen LogP contribution in [0.3, 0.4) is 0 Å². The summed E-state index contributed by atoms with van der Waals surface area (Å²) in [6.07, 6.45) is 1.13. The molecule has 0 radical (unpaired) electrons. The zero-order chi connectivity index (χ0) is 11.5. The minimum absolute atomic E-state index is 0.493. The largest absolute Gasteiger partial charge is 0.292 e. The highest BCUT2D eigenvalue weighted by Gasteiger charge is 2.10. The lowest BCUT2D eigenvalue weighted by Gasteiger charge is -2.03. The summed E-state index contributed by atoms with van der Waals surface area (Å²) in [5.74, 6) is 6.92. The normalized spacial score (nSPS) is 10.9. The lowest BCUT2D eigenvalue weighted by atomic mass is 10.4. The van der Waals surface area contributed by atoms with Crippen molar-refractivity contribution in [2.45, 2.75) is 25.3 Å². The molecule has 0 saturated heterocycles. The van der Waals surface area contributed by atoms with Crippen LogP contribution in [-0.2, 0) is 0 Å². The van der Waals surface area contributed by atoms with Gasteiger partial charge in [0.2, 0.25) is 5.95 Å². The number of anilines is 1. The second-order valence-electron chi connectivity index (χ2n) is 3.42. The molecule has 0 aromatic carbocycles. The summed E-state index contributed by atoms with van der Waals surface area (Å²) in [4.78, 5) is 11.0. The van der Waals surface area contributed by atoms with Gasteiger partial charge in [0.05, 0.1) is 0 Å². The van der Waals surface area contributed by atoms with Crippen molar-refractivity contribution >= 4 is 39.3 Å². The molecule has 2 aromatic rings. The Labute approximate surface area is 103 Å². The molecule has 2 aromatic heterocycles. The third-order valence-electron chi connectivity index (χ3n) is 2.05. The number of nitrogen functional groups attached to an aromatic ring is 1.